The molecule has 0 saturated carbocycles. The molecule has 1 aliphatic heterocycles. The first-order chi connectivity index (χ1) is 14.5. The van der Waals surface area contributed by atoms with Crippen molar-refractivity contribution in [3.63, 3.8) is 0 Å². The first-order valence-corrected chi connectivity index (χ1v) is 10.5. The van der Waals surface area contributed by atoms with Gasteiger partial charge in [-0.2, -0.15) is 0 Å². The predicted octanol–water partition coefficient (Wildman–Crippen LogP) is 6.34. The zero-order valence-corrected chi connectivity index (χ0v) is 17.2. The second kappa shape index (κ2) is 6.09. The van der Waals surface area contributed by atoms with Crippen LogP contribution in [0.5, 0.6) is 5.75 Å². The highest BCUT2D eigenvalue weighted by Crippen LogP contribution is 2.46. The molecule has 3 aliphatic rings. The Balaban J connectivity index is 1.53. The van der Waals surface area contributed by atoms with Gasteiger partial charge in [0.05, 0.1) is 0 Å². The van der Waals surface area contributed by atoms with E-state index in [0.29, 0.717) is 6.42 Å². The summed E-state index contributed by atoms with van der Waals surface area (Å²) in [6, 6.07) is 12.5. The summed E-state index contributed by atoms with van der Waals surface area (Å²) in [5, 5.41) is 1.22. The largest absolute Gasteiger partial charge is 0.456 e. The molecule has 1 unspecified atom stereocenters. The van der Waals surface area contributed by atoms with Gasteiger partial charge in [-0.25, -0.2) is 0 Å². The van der Waals surface area contributed by atoms with Crippen molar-refractivity contribution >= 4 is 22.8 Å². The topological polar surface area (TPSA) is 42.1 Å². The molecular formula is C27H23NO2. The van der Waals surface area contributed by atoms with Gasteiger partial charge in [0.25, 0.3) is 0 Å². The molecule has 0 radical (unpaired) electrons. The molecule has 6 rings (SSSR count). The molecule has 0 bridgehead atoms. The van der Waals surface area contributed by atoms with Crippen LogP contribution in [0.15, 0.2) is 72.2 Å². The Bertz CT molecular complexity index is 1320. The standard InChI is InChI=1S/C27H23NO2/c1-27(2)13-16-10-11-25-20(26(16)23(29)14-27)12-19-17(7-5-9-24(19)30-25)21-15-28-22-8-4-3-6-18(21)22/h3-12,15,17,28H,13-14H2,1-2H3. The minimum Gasteiger partial charge on any atom is -0.456 e. The van der Waals surface area contributed by atoms with Crippen LogP contribution < -0.4 is 4.74 Å². The van der Waals surface area contributed by atoms with Crippen molar-refractivity contribution in [3.8, 4) is 5.75 Å². The number of hydrogen-bond donors (Lipinski definition) is 1. The molecule has 1 aromatic heterocycles. The van der Waals surface area contributed by atoms with Crippen molar-refractivity contribution in [2.75, 3.05) is 0 Å². The van der Waals surface area contributed by atoms with E-state index in [1.54, 1.807) is 0 Å². The summed E-state index contributed by atoms with van der Waals surface area (Å²) in [5.74, 6) is 1.95. The van der Waals surface area contributed by atoms with Crippen LogP contribution in [-0.2, 0) is 6.42 Å². The number of benzene rings is 2. The van der Waals surface area contributed by atoms with Crippen LogP contribution in [0.4, 0.5) is 0 Å². The van der Waals surface area contributed by atoms with Crippen LogP contribution in [0.25, 0.3) is 17.0 Å². The Kier molecular flexibility index (Phi) is 3.55. The van der Waals surface area contributed by atoms with Crippen molar-refractivity contribution in [1.82, 2.24) is 4.98 Å². The second-order valence-corrected chi connectivity index (χ2v) is 9.34. The Morgan fingerprint density at radius 2 is 1.97 bits per heavy atom. The second-order valence-electron chi connectivity index (χ2n) is 9.34. The number of fused-ring (bicyclic) bond motifs is 5. The number of H-pyrrole nitrogens is 1. The summed E-state index contributed by atoms with van der Waals surface area (Å²) >= 11 is 0. The molecule has 3 nitrogen and oxygen atoms in total. The molecule has 2 aliphatic carbocycles. The Morgan fingerprint density at radius 3 is 2.87 bits per heavy atom. The lowest BCUT2D eigenvalue weighted by atomic mass is 9.72. The summed E-state index contributed by atoms with van der Waals surface area (Å²) in [7, 11) is 0. The van der Waals surface area contributed by atoms with Gasteiger partial charge in [0.2, 0.25) is 0 Å². The van der Waals surface area contributed by atoms with E-state index in [9.17, 15) is 4.79 Å². The number of carbonyl (C=O) groups excluding carboxylic acids is 1. The van der Waals surface area contributed by atoms with Crippen LogP contribution in [0.3, 0.4) is 0 Å². The summed E-state index contributed by atoms with van der Waals surface area (Å²) in [4.78, 5) is 16.5. The van der Waals surface area contributed by atoms with Gasteiger partial charge >= 0.3 is 0 Å². The summed E-state index contributed by atoms with van der Waals surface area (Å²) in [6.45, 7) is 4.34. The molecule has 30 heavy (non-hydrogen) atoms. The highest BCUT2D eigenvalue weighted by Gasteiger charge is 2.35. The third kappa shape index (κ3) is 2.55. The number of ether oxygens (including phenoxy) is 1. The molecule has 0 amide bonds. The average Bonchev–Trinajstić information content (AvgIpc) is 3.14. The monoisotopic (exact) mass is 393 g/mol. The summed E-state index contributed by atoms with van der Waals surface area (Å²) in [5.41, 5.74) is 6.41. The number of carbonyl (C=O) groups is 1. The molecule has 0 saturated heterocycles. The lowest BCUT2D eigenvalue weighted by Gasteiger charge is -2.33. The maximum atomic E-state index is 13.1. The van der Waals surface area contributed by atoms with Gasteiger partial charge in [0.1, 0.15) is 11.5 Å². The Morgan fingerprint density at radius 1 is 1.10 bits per heavy atom. The number of allylic oxidation sites excluding steroid dienone is 4. The third-order valence-corrected chi connectivity index (χ3v) is 6.53. The smallest absolute Gasteiger partial charge is 0.164 e. The van der Waals surface area contributed by atoms with Gasteiger partial charge in [-0.3, -0.25) is 4.79 Å². The Hall–Kier alpha value is -3.33. The number of aromatic amines is 1. The van der Waals surface area contributed by atoms with Crippen molar-refractivity contribution in [2.24, 2.45) is 5.41 Å². The zero-order chi connectivity index (χ0) is 20.5. The minimum atomic E-state index is 0.00615. The maximum Gasteiger partial charge on any atom is 0.164 e. The van der Waals surface area contributed by atoms with Gasteiger partial charge in [-0.1, -0.05) is 50.3 Å². The molecule has 3 heteroatoms. The van der Waals surface area contributed by atoms with Gasteiger partial charge in [-0.15, -0.1) is 0 Å². The zero-order valence-electron chi connectivity index (χ0n) is 17.2. The van der Waals surface area contributed by atoms with Crippen LogP contribution in [0.2, 0.25) is 0 Å². The SMILES string of the molecule is CC1(C)CC(=O)c2c(ccc3c2C=C2C(=CC=CC2c2c[nH]c4ccccc24)O3)C1. The van der Waals surface area contributed by atoms with Gasteiger partial charge in [0, 0.05) is 46.1 Å². The Labute approximate surface area is 175 Å². The first kappa shape index (κ1) is 17.5. The number of Topliss-reactive ketones (excluding diaryl/α,β-unsaturated/α-hetero) is 1. The molecule has 1 atom stereocenters. The lowest BCUT2D eigenvalue weighted by molar-refractivity contribution is 0.0911. The molecule has 1 N–H and O–H groups in total. The van der Waals surface area contributed by atoms with E-state index >= 15 is 0 Å². The predicted molar refractivity (Wildman–Crippen MR) is 120 cm³/mol. The normalized spacial score (nSPS) is 21.3. The number of para-hydroxylation sites is 1. The van der Waals surface area contributed by atoms with Crippen molar-refractivity contribution in [1.29, 1.82) is 0 Å². The average molecular weight is 393 g/mol. The molecule has 3 aromatic rings. The van der Waals surface area contributed by atoms with E-state index < -0.39 is 0 Å². The van der Waals surface area contributed by atoms with Crippen LogP contribution in [0, 0.1) is 5.41 Å². The third-order valence-electron chi connectivity index (χ3n) is 6.53. The van der Waals surface area contributed by atoms with Crippen LogP contribution >= 0.6 is 0 Å². The fourth-order valence-electron chi connectivity index (χ4n) is 5.21. The lowest BCUT2D eigenvalue weighted by Crippen LogP contribution is -2.28. The summed E-state index contributed by atoms with van der Waals surface area (Å²) in [6.07, 6.45) is 12.1. The number of hydrogen-bond acceptors (Lipinski definition) is 2. The molecule has 0 fully saturated rings. The van der Waals surface area contributed by atoms with Gasteiger partial charge in [0.15, 0.2) is 5.78 Å². The molecule has 0 spiro atoms. The van der Waals surface area contributed by atoms with E-state index in [1.165, 1.54) is 10.9 Å². The van der Waals surface area contributed by atoms with Gasteiger partial charge < -0.3 is 9.72 Å². The van der Waals surface area contributed by atoms with E-state index in [2.05, 4.69) is 67.5 Å². The molecule has 2 aromatic carbocycles. The fourth-order valence-corrected chi connectivity index (χ4v) is 5.21. The highest BCUT2D eigenvalue weighted by molar-refractivity contribution is 6.04. The van der Waals surface area contributed by atoms with E-state index in [4.69, 9.17) is 4.74 Å². The van der Waals surface area contributed by atoms with E-state index in [0.717, 1.165) is 45.7 Å². The summed E-state index contributed by atoms with van der Waals surface area (Å²) < 4.78 is 6.32. The first-order valence-electron chi connectivity index (χ1n) is 10.5. The van der Waals surface area contributed by atoms with Crippen LogP contribution in [-0.4, -0.2) is 10.8 Å². The maximum absolute atomic E-state index is 13.1. The van der Waals surface area contributed by atoms with Crippen molar-refractivity contribution in [3.05, 3.63) is 94.4 Å². The molecule has 148 valence electrons. The quantitative estimate of drug-likeness (QED) is 0.524. The van der Waals surface area contributed by atoms with E-state index in [-0.39, 0.29) is 17.1 Å². The number of rotatable bonds is 1. The van der Waals surface area contributed by atoms with Crippen molar-refractivity contribution in [2.45, 2.75) is 32.6 Å². The van der Waals surface area contributed by atoms with Crippen LogP contribution in [0.1, 0.15) is 53.2 Å². The molecule has 2 heterocycles. The molecular weight excluding hydrogens is 370 g/mol. The minimum absolute atomic E-state index is 0.00615. The highest BCUT2D eigenvalue weighted by atomic mass is 16.5. The number of aromatic nitrogens is 1. The van der Waals surface area contributed by atoms with Gasteiger partial charge in [-0.05, 0) is 47.2 Å². The fraction of sp³-hybridized carbons (Fsp3) is 0.222. The number of nitrogens with one attached hydrogen (secondary N) is 1. The van der Waals surface area contributed by atoms with E-state index in [1.807, 2.05) is 18.2 Å². The number of ketones is 1. The van der Waals surface area contributed by atoms with Crippen molar-refractivity contribution < 1.29 is 9.53 Å².